The number of benzene rings is 1. The fraction of sp³-hybridized carbons (Fsp3) is 0.125. The molecule has 0 spiro atoms. The molecule has 1 aliphatic carbocycles. The molecule has 8 nitrogen and oxygen atoms in total. The summed E-state index contributed by atoms with van der Waals surface area (Å²) in [6.07, 6.45) is 7.05. The maximum absolute atomic E-state index is 12.1. The summed E-state index contributed by atoms with van der Waals surface area (Å²) in [6, 6.07) is 13.7. The third-order valence-corrected chi connectivity index (χ3v) is 5.74. The molecule has 154 valence electrons. The number of pyridine rings is 2. The van der Waals surface area contributed by atoms with Crippen molar-refractivity contribution in [3.63, 3.8) is 0 Å². The zero-order chi connectivity index (χ0) is 21.7. The van der Waals surface area contributed by atoms with E-state index in [1.165, 1.54) is 0 Å². The van der Waals surface area contributed by atoms with Crippen LogP contribution in [-0.4, -0.2) is 31.1 Å². The van der Waals surface area contributed by atoms with Gasteiger partial charge in [0.1, 0.15) is 5.69 Å². The first-order chi connectivity index (χ1) is 15.7. The Balaban J connectivity index is 1.41. The van der Waals surface area contributed by atoms with Crippen molar-refractivity contribution >= 4 is 33.5 Å². The van der Waals surface area contributed by atoms with Gasteiger partial charge in [0.2, 0.25) is 5.91 Å². The number of anilines is 1. The van der Waals surface area contributed by atoms with Crippen molar-refractivity contribution in [1.29, 1.82) is 5.26 Å². The normalized spacial score (nSPS) is 13.3. The topological polar surface area (TPSA) is 123 Å². The SMILES string of the molecule is N#Cc1cccc2[nH]c(-c3n[nH]c4ncc(-c5cncc(NC(=O)C6CC6)c5)cc34)cc12. The highest BCUT2D eigenvalue weighted by Gasteiger charge is 2.29. The summed E-state index contributed by atoms with van der Waals surface area (Å²) in [5, 5.41) is 21.5. The number of rotatable bonds is 4. The molecule has 1 aliphatic rings. The number of carbonyl (C=O) groups is 1. The third-order valence-electron chi connectivity index (χ3n) is 5.74. The van der Waals surface area contributed by atoms with E-state index in [0.717, 1.165) is 51.6 Å². The van der Waals surface area contributed by atoms with Gasteiger partial charge in [0, 0.05) is 45.7 Å². The number of aromatic nitrogens is 5. The lowest BCUT2D eigenvalue weighted by atomic mass is 10.1. The van der Waals surface area contributed by atoms with Gasteiger partial charge in [0.25, 0.3) is 0 Å². The van der Waals surface area contributed by atoms with E-state index in [0.29, 0.717) is 16.9 Å². The standard InChI is InChI=1S/C24H17N7O/c25-9-14-2-1-3-20-18(14)8-21(29-20)22-19-7-16(11-27-23(19)31-30-22)15-6-17(12-26-10-15)28-24(32)13-4-5-13/h1-3,6-8,10-13,29H,4-5H2,(H,28,32)(H,27,30,31). The van der Waals surface area contributed by atoms with Crippen LogP contribution in [0, 0.1) is 17.2 Å². The lowest BCUT2D eigenvalue weighted by Gasteiger charge is -2.07. The van der Waals surface area contributed by atoms with E-state index in [-0.39, 0.29) is 11.8 Å². The highest BCUT2D eigenvalue weighted by atomic mass is 16.2. The summed E-state index contributed by atoms with van der Waals surface area (Å²) in [6.45, 7) is 0. The molecule has 0 unspecified atom stereocenters. The van der Waals surface area contributed by atoms with Gasteiger partial charge in [0.05, 0.1) is 29.2 Å². The molecule has 4 aromatic heterocycles. The Morgan fingerprint density at radius 3 is 2.81 bits per heavy atom. The van der Waals surface area contributed by atoms with E-state index in [9.17, 15) is 10.1 Å². The summed E-state index contributed by atoms with van der Waals surface area (Å²) in [7, 11) is 0. The number of aromatic amines is 2. The fourth-order valence-electron chi connectivity index (χ4n) is 3.90. The number of amides is 1. The van der Waals surface area contributed by atoms with Gasteiger partial charge in [-0.15, -0.1) is 0 Å². The maximum atomic E-state index is 12.1. The van der Waals surface area contributed by atoms with Crippen molar-refractivity contribution in [2.45, 2.75) is 12.8 Å². The highest BCUT2D eigenvalue weighted by Crippen LogP contribution is 2.33. The van der Waals surface area contributed by atoms with Gasteiger partial charge in [-0.1, -0.05) is 6.07 Å². The molecular formula is C24H17N7O. The van der Waals surface area contributed by atoms with Crippen LogP contribution in [0.25, 0.3) is 44.5 Å². The Kier molecular flexibility index (Phi) is 4.01. The van der Waals surface area contributed by atoms with Gasteiger partial charge >= 0.3 is 0 Å². The Morgan fingerprint density at radius 2 is 1.97 bits per heavy atom. The van der Waals surface area contributed by atoms with Crippen LogP contribution < -0.4 is 5.32 Å². The number of fused-ring (bicyclic) bond motifs is 2. The number of nitriles is 1. The van der Waals surface area contributed by atoms with Crippen LogP contribution in [0.15, 0.2) is 55.0 Å². The van der Waals surface area contributed by atoms with Crippen LogP contribution in [0.4, 0.5) is 5.69 Å². The molecule has 1 amide bonds. The Bertz CT molecular complexity index is 1550. The summed E-state index contributed by atoms with van der Waals surface area (Å²) >= 11 is 0. The molecule has 1 saturated carbocycles. The smallest absolute Gasteiger partial charge is 0.227 e. The minimum Gasteiger partial charge on any atom is -0.353 e. The number of nitrogens with one attached hydrogen (secondary N) is 3. The molecule has 6 rings (SSSR count). The van der Waals surface area contributed by atoms with Crippen molar-refractivity contribution in [2.24, 2.45) is 5.92 Å². The van der Waals surface area contributed by atoms with Gasteiger partial charge in [0.15, 0.2) is 5.65 Å². The van der Waals surface area contributed by atoms with Crippen LogP contribution >= 0.6 is 0 Å². The molecule has 32 heavy (non-hydrogen) atoms. The predicted molar refractivity (Wildman–Crippen MR) is 120 cm³/mol. The average Bonchev–Trinajstić information content (AvgIpc) is 3.45. The second-order valence-electron chi connectivity index (χ2n) is 7.98. The number of nitrogens with zero attached hydrogens (tertiary/aromatic N) is 4. The van der Waals surface area contributed by atoms with Gasteiger partial charge < -0.3 is 10.3 Å². The Hall–Kier alpha value is -4.51. The summed E-state index contributed by atoms with van der Waals surface area (Å²) in [5.74, 6) is 0.174. The number of hydrogen-bond acceptors (Lipinski definition) is 5. The van der Waals surface area contributed by atoms with Crippen molar-refractivity contribution in [1.82, 2.24) is 25.1 Å². The second-order valence-corrected chi connectivity index (χ2v) is 7.98. The van der Waals surface area contributed by atoms with E-state index < -0.39 is 0 Å². The van der Waals surface area contributed by atoms with E-state index in [1.807, 2.05) is 30.3 Å². The summed E-state index contributed by atoms with van der Waals surface area (Å²) < 4.78 is 0. The third kappa shape index (κ3) is 3.08. The number of carbonyl (C=O) groups excluding carboxylic acids is 1. The minimum absolute atomic E-state index is 0.0465. The van der Waals surface area contributed by atoms with E-state index in [1.54, 1.807) is 24.7 Å². The van der Waals surface area contributed by atoms with Gasteiger partial charge in [-0.25, -0.2) is 4.98 Å². The molecule has 8 heteroatoms. The Labute approximate surface area is 182 Å². The zero-order valence-electron chi connectivity index (χ0n) is 16.9. The van der Waals surface area contributed by atoms with E-state index in [4.69, 9.17) is 0 Å². The fourth-order valence-corrected chi connectivity index (χ4v) is 3.90. The molecule has 4 heterocycles. The molecule has 0 radical (unpaired) electrons. The summed E-state index contributed by atoms with van der Waals surface area (Å²) in [4.78, 5) is 24.3. The maximum Gasteiger partial charge on any atom is 0.227 e. The van der Waals surface area contributed by atoms with Crippen molar-refractivity contribution in [2.75, 3.05) is 5.32 Å². The van der Waals surface area contributed by atoms with Crippen LogP contribution in [0.1, 0.15) is 18.4 Å². The molecule has 5 aromatic rings. The molecule has 0 aliphatic heterocycles. The van der Waals surface area contributed by atoms with E-state index in [2.05, 4.69) is 36.5 Å². The molecule has 0 bridgehead atoms. The van der Waals surface area contributed by atoms with Crippen LogP contribution in [0.3, 0.4) is 0 Å². The van der Waals surface area contributed by atoms with Gasteiger partial charge in [-0.2, -0.15) is 10.4 Å². The van der Waals surface area contributed by atoms with E-state index >= 15 is 0 Å². The molecule has 3 N–H and O–H groups in total. The molecule has 1 aromatic carbocycles. The molecule has 0 saturated heterocycles. The van der Waals surface area contributed by atoms with Gasteiger partial charge in [-0.05, 0) is 43.2 Å². The van der Waals surface area contributed by atoms with Gasteiger partial charge in [-0.3, -0.25) is 14.9 Å². The van der Waals surface area contributed by atoms with Crippen LogP contribution in [0.2, 0.25) is 0 Å². The minimum atomic E-state index is 0.0465. The first-order valence-corrected chi connectivity index (χ1v) is 10.3. The quantitative estimate of drug-likeness (QED) is 0.399. The molecular weight excluding hydrogens is 402 g/mol. The molecule has 0 atom stereocenters. The Morgan fingerprint density at radius 1 is 1.09 bits per heavy atom. The number of H-pyrrole nitrogens is 2. The monoisotopic (exact) mass is 419 g/mol. The first-order valence-electron chi connectivity index (χ1n) is 10.3. The predicted octanol–water partition coefficient (Wildman–Crippen LogP) is 4.39. The first kappa shape index (κ1) is 18.3. The molecule has 1 fully saturated rings. The van der Waals surface area contributed by atoms with Crippen LogP contribution in [0.5, 0.6) is 0 Å². The van der Waals surface area contributed by atoms with Crippen LogP contribution in [-0.2, 0) is 4.79 Å². The second kappa shape index (κ2) is 7.03. The van der Waals surface area contributed by atoms with Crippen molar-refractivity contribution < 1.29 is 4.79 Å². The highest BCUT2D eigenvalue weighted by molar-refractivity contribution is 5.98. The number of hydrogen-bond donors (Lipinski definition) is 3. The van der Waals surface area contributed by atoms with Crippen molar-refractivity contribution in [3.05, 3.63) is 60.6 Å². The zero-order valence-corrected chi connectivity index (χ0v) is 16.9. The lowest BCUT2D eigenvalue weighted by molar-refractivity contribution is -0.117. The largest absolute Gasteiger partial charge is 0.353 e. The summed E-state index contributed by atoms with van der Waals surface area (Å²) in [5.41, 5.74) is 6.06. The lowest BCUT2D eigenvalue weighted by Crippen LogP contribution is -2.13. The average molecular weight is 419 g/mol. The van der Waals surface area contributed by atoms with Crippen molar-refractivity contribution in [3.8, 4) is 28.6 Å².